The Balaban J connectivity index is 2.02. The van der Waals surface area contributed by atoms with E-state index >= 15 is 0 Å². The maximum Gasteiger partial charge on any atom is 0.410 e. The molecule has 0 spiro atoms. The number of hydrogen-bond acceptors (Lipinski definition) is 7. The van der Waals surface area contributed by atoms with E-state index in [-0.39, 0.29) is 24.5 Å². The molecule has 8 nitrogen and oxygen atoms in total. The number of carbonyl (C=O) groups is 2. The van der Waals surface area contributed by atoms with Crippen LogP contribution >= 0.6 is 0 Å². The van der Waals surface area contributed by atoms with Crippen molar-refractivity contribution < 1.29 is 23.8 Å². The molecule has 8 heteroatoms. The summed E-state index contributed by atoms with van der Waals surface area (Å²) in [5.41, 5.74) is -0.588. The summed E-state index contributed by atoms with van der Waals surface area (Å²) in [6.07, 6.45) is 5.34. The highest BCUT2D eigenvalue weighted by molar-refractivity contribution is 5.70. The third-order valence-corrected chi connectivity index (χ3v) is 3.83. The Bertz CT molecular complexity index is 603. The molecule has 0 bridgehead atoms. The number of amides is 1. The first kappa shape index (κ1) is 19.9. The van der Waals surface area contributed by atoms with E-state index in [1.54, 1.807) is 24.2 Å². The molecule has 0 unspecified atom stereocenters. The third-order valence-electron chi connectivity index (χ3n) is 3.83. The number of rotatable bonds is 6. The standard InChI is InChI=1S/C18H27N3O5/c1-5-24-16(22)7-6-13-8-14(25-15-9-19-12-20-10-15)11-21(13)17(23)26-18(2,3)4/h9-10,12-14H,5-8,11H2,1-4H3/t13-,14-/m1/s1. The van der Waals surface area contributed by atoms with Crippen LogP contribution < -0.4 is 4.74 Å². The Morgan fingerprint density at radius 3 is 2.58 bits per heavy atom. The van der Waals surface area contributed by atoms with Gasteiger partial charge in [0.1, 0.15) is 18.0 Å². The van der Waals surface area contributed by atoms with Crippen molar-refractivity contribution >= 4 is 12.1 Å². The van der Waals surface area contributed by atoms with E-state index in [9.17, 15) is 9.59 Å². The van der Waals surface area contributed by atoms with Crippen LogP contribution in [-0.4, -0.2) is 57.8 Å². The van der Waals surface area contributed by atoms with Crippen molar-refractivity contribution in [2.45, 2.75) is 64.7 Å². The predicted octanol–water partition coefficient (Wildman–Crippen LogP) is 2.58. The normalized spacial score (nSPS) is 19.9. The van der Waals surface area contributed by atoms with Gasteiger partial charge in [0.15, 0.2) is 5.75 Å². The average Bonchev–Trinajstić information content (AvgIpc) is 2.95. The van der Waals surface area contributed by atoms with Gasteiger partial charge in [-0.3, -0.25) is 4.79 Å². The second-order valence-electron chi connectivity index (χ2n) is 7.18. The Morgan fingerprint density at radius 1 is 1.27 bits per heavy atom. The molecule has 1 aromatic rings. The Labute approximate surface area is 153 Å². The van der Waals surface area contributed by atoms with Crippen molar-refractivity contribution in [2.24, 2.45) is 0 Å². The average molecular weight is 365 g/mol. The van der Waals surface area contributed by atoms with Gasteiger partial charge in [-0.15, -0.1) is 0 Å². The summed E-state index contributed by atoms with van der Waals surface area (Å²) in [6.45, 7) is 7.97. The molecular formula is C18H27N3O5. The molecule has 1 saturated heterocycles. The lowest BCUT2D eigenvalue weighted by Crippen LogP contribution is -2.40. The van der Waals surface area contributed by atoms with E-state index in [4.69, 9.17) is 14.2 Å². The van der Waals surface area contributed by atoms with Crippen molar-refractivity contribution in [1.82, 2.24) is 14.9 Å². The number of nitrogens with zero attached hydrogens (tertiary/aromatic N) is 3. The molecule has 26 heavy (non-hydrogen) atoms. The lowest BCUT2D eigenvalue weighted by atomic mass is 10.1. The quantitative estimate of drug-likeness (QED) is 0.716. The van der Waals surface area contributed by atoms with Crippen LogP contribution in [0.15, 0.2) is 18.7 Å². The maximum absolute atomic E-state index is 12.5. The summed E-state index contributed by atoms with van der Waals surface area (Å²) in [4.78, 5) is 33.7. The van der Waals surface area contributed by atoms with Crippen LogP contribution in [-0.2, 0) is 14.3 Å². The zero-order valence-electron chi connectivity index (χ0n) is 15.8. The van der Waals surface area contributed by atoms with Crippen LogP contribution in [0.5, 0.6) is 5.75 Å². The van der Waals surface area contributed by atoms with E-state index in [2.05, 4.69) is 9.97 Å². The molecule has 0 N–H and O–H groups in total. The van der Waals surface area contributed by atoms with Crippen molar-refractivity contribution in [3.63, 3.8) is 0 Å². The van der Waals surface area contributed by atoms with Gasteiger partial charge < -0.3 is 19.1 Å². The molecule has 2 atom stereocenters. The minimum Gasteiger partial charge on any atom is -0.485 e. The molecule has 1 fully saturated rings. The number of aromatic nitrogens is 2. The molecule has 0 aromatic carbocycles. The van der Waals surface area contributed by atoms with E-state index in [1.807, 2.05) is 20.8 Å². The van der Waals surface area contributed by atoms with Gasteiger partial charge >= 0.3 is 12.1 Å². The van der Waals surface area contributed by atoms with E-state index in [0.29, 0.717) is 31.7 Å². The summed E-state index contributed by atoms with van der Waals surface area (Å²) in [5.74, 6) is 0.283. The van der Waals surface area contributed by atoms with Gasteiger partial charge in [-0.05, 0) is 34.1 Å². The number of ether oxygens (including phenoxy) is 3. The first-order valence-corrected chi connectivity index (χ1v) is 8.85. The van der Waals surface area contributed by atoms with Gasteiger partial charge in [0.2, 0.25) is 0 Å². The largest absolute Gasteiger partial charge is 0.485 e. The Hall–Kier alpha value is -2.38. The molecule has 0 radical (unpaired) electrons. The van der Waals surface area contributed by atoms with E-state index in [0.717, 1.165) is 0 Å². The molecule has 144 valence electrons. The molecular weight excluding hydrogens is 338 g/mol. The van der Waals surface area contributed by atoms with E-state index < -0.39 is 11.7 Å². The number of likely N-dealkylation sites (tertiary alicyclic amines) is 1. The van der Waals surface area contributed by atoms with Crippen molar-refractivity contribution in [3.05, 3.63) is 18.7 Å². The Kier molecular flexibility index (Phi) is 6.76. The summed E-state index contributed by atoms with van der Waals surface area (Å²) in [5, 5.41) is 0. The molecule has 1 aromatic heterocycles. The fourth-order valence-electron chi connectivity index (χ4n) is 2.83. The fourth-order valence-corrected chi connectivity index (χ4v) is 2.83. The third kappa shape index (κ3) is 6.16. The van der Waals surface area contributed by atoms with Gasteiger partial charge in [0.25, 0.3) is 0 Å². The van der Waals surface area contributed by atoms with Gasteiger partial charge in [0, 0.05) is 18.9 Å². The van der Waals surface area contributed by atoms with Gasteiger partial charge in [-0.2, -0.15) is 0 Å². The minimum atomic E-state index is -0.588. The van der Waals surface area contributed by atoms with Gasteiger partial charge in [-0.25, -0.2) is 14.8 Å². The number of carbonyl (C=O) groups excluding carboxylic acids is 2. The maximum atomic E-state index is 12.5. The van der Waals surface area contributed by atoms with Crippen LogP contribution in [0.2, 0.25) is 0 Å². The molecule has 0 aliphatic carbocycles. The molecule has 1 amide bonds. The second kappa shape index (κ2) is 8.82. The lowest BCUT2D eigenvalue weighted by Gasteiger charge is -2.28. The number of esters is 1. The first-order valence-electron chi connectivity index (χ1n) is 8.85. The van der Waals surface area contributed by atoms with Crippen LogP contribution in [0.25, 0.3) is 0 Å². The molecule has 2 rings (SSSR count). The van der Waals surface area contributed by atoms with Crippen LogP contribution in [0.3, 0.4) is 0 Å². The highest BCUT2D eigenvalue weighted by Gasteiger charge is 2.38. The smallest absolute Gasteiger partial charge is 0.410 e. The summed E-state index contributed by atoms with van der Waals surface area (Å²) < 4.78 is 16.4. The summed E-state index contributed by atoms with van der Waals surface area (Å²) >= 11 is 0. The van der Waals surface area contributed by atoms with Crippen LogP contribution in [0.4, 0.5) is 4.79 Å². The molecule has 0 saturated carbocycles. The summed E-state index contributed by atoms with van der Waals surface area (Å²) in [6, 6.07) is -0.149. The topological polar surface area (TPSA) is 90.9 Å². The van der Waals surface area contributed by atoms with Gasteiger partial charge in [0.05, 0.1) is 25.5 Å². The first-order chi connectivity index (χ1) is 12.3. The van der Waals surface area contributed by atoms with Crippen molar-refractivity contribution in [1.29, 1.82) is 0 Å². The predicted molar refractivity (Wildman–Crippen MR) is 93.7 cm³/mol. The fraction of sp³-hybridized carbons (Fsp3) is 0.667. The molecule has 1 aliphatic heterocycles. The molecule has 1 aliphatic rings. The van der Waals surface area contributed by atoms with Crippen molar-refractivity contribution in [2.75, 3.05) is 13.2 Å². The Morgan fingerprint density at radius 2 is 1.96 bits per heavy atom. The minimum absolute atomic E-state index is 0.149. The lowest BCUT2D eigenvalue weighted by molar-refractivity contribution is -0.143. The highest BCUT2D eigenvalue weighted by atomic mass is 16.6. The van der Waals surface area contributed by atoms with Crippen molar-refractivity contribution in [3.8, 4) is 5.75 Å². The monoisotopic (exact) mass is 365 g/mol. The second-order valence-corrected chi connectivity index (χ2v) is 7.18. The van der Waals surface area contributed by atoms with Crippen LogP contribution in [0, 0.1) is 0 Å². The van der Waals surface area contributed by atoms with Gasteiger partial charge in [-0.1, -0.05) is 0 Å². The zero-order chi connectivity index (χ0) is 19.2. The SMILES string of the molecule is CCOC(=O)CC[C@@H]1C[C@@H](Oc2cncnc2)CN1C(=O)OC(C)(C)C. The van der Waals surface area contributed by atoms with E-state index in [1.165, 1.54) is 6.33 Å². The highest BCUT2D eigenvalue weighted by Crippen LogP contribution is 2.27. The number of hydrogen-bond donors (Lipinski definition) is 0. The molecule has 2 heterocycles. The van der Waals surface area contributed by atoms with Crippen LogP contribution in [0.1, 0.15) is 47.0 Å². The summed E-state index contributed by atoms with van der Waals surface area (Å²) in [7, 11) is 0. The zero-order valence-corrected chi connectivity index (χ0v) is 15.8.